The number of benzene rings is 1. The van der Waals surface area contributed by atoms with Gasteiger partial charge < -0.3 is 10.4 Å². The molecule has 0 radical (unpaired) electrons. The SMILES string of the molecule is O=C(NC(Cc1ccccn1)C1CC(O)C1)c1ccc2ccccc2n1. The number of hydrogen-bond donors (Lipinski definition) is 2. The minimum atomic E-state index is -0.262. The number of pyridine rings is 2. The molecule has 2 aromatic heterocycles. The molecule has 1 unspecified atom stereocenters. The third-order valence-corrected chi connectivity index (χ3v) is 5.02. The Labute approximate surface area is 152 Å². The standard InChI is InChI=1S/C21H21N3O2/c25-17-11-15(12-17)20(13-16-6-3-4-10-22-16)24-21(26)19-9-8-14-5-1-2-7-18(14)23-19/h1-10,15,17,20,25H,11-13H2,(H,24,26). The summed E-state index contributed by atoms with van der Waals surface area (Å²) in [6.45, 7) is 0. The third-order valence-electron chi connectivity index (χ3n) is 5.02. The van der Waals surface area contributed by atoms with Gasteiger partial charge in [-0.1, -0.05) is 30.3 Å². The highest BCUT2D eigenvalue weighted by atomic mass is 16.3. The monoisotopic (exact) mass is 347 g/mol. The number of rotatable bonds is 5. The van der Waals surface area contributed by atoms with Crippen LogP contribution in [-0.2, 0) is 6.42 Å². The van der Waals surface area contributed by atoms with Crippen LogP contribution in [0.25, 0.3) is 10.9 Å². The van der Waals surface area contributed by atoms with Gasteiger partial charge in [-0.15, -0.1) is 0 Å². The van der Waals surface area contributed by atoms with Crippen LogP contribution in [0.5, 0.6) is 0 Å². The van der Waals surface area contributed by atoms with Crippen LogP contribution in [0.15, 0.2) is 60.8 Å². The highest BCUT2D eigenvalue weighted by Crippen LogP contribution is 2.31. The molecule has 0 aliphatic heterocycles. The molecule has 0 spiro atoms. The lowest BCUT2D eigenvalue weighted by atomic mass is 9.76. The first-order valence-electron chi connectivity index (χ1n) is 8.93. The normalized spacial score (nSPS) is 20.3. The van der Waals surface area contributed by atoms with Crippen LogP contribution >= 0.6 is 0 Å². The van der Waals surface area contributed by atoms with Crippen molar-refractivity contribution in [2.45, 2.75) is 31.4 Å². The largest absolute Gasteiger partial charge is 0.393 e. The molecule has 26 heavy (non-hydrogen) atoms. The van der Waals surface area contributed by atoms with Crippen molar-refractivity contribution in [2.24, 2.45) is 5.92 Å². The van der Waals surface area contributed by atoms with E-state index in [1.54, 1.807) is 12.3 Å². The number of aliphatic hydroxyl groups excluding tert-OH is 1. The Morgan fingerprint density at radius 1 is 1.12 bits per heavy atom. The van der Waals surface area contributed by atoms with Crippen LogP contribution < -0.4 is 5.32 Å². The van der Waals surface area contributed by atoms with Gasteiger partial charge in [-0.2, -0.15) is 0 Å². The van der Waals surface area contributed by atoms with Crippen molar-refractivity contribution in [3.05, 3.63) is 72.2 Å². The van der Waals surface area contributed by atoms with Gasteiger partial charge in [0.1, 0.15) is 5.69 Å². The molecule has 3 aromatic rings. The number of carbonyl (C=O) groups is 1. The van der Waals surface area contributed by atoms with Gasteiger partial charge in [0.25, 0.3) is 5.91 Å². The van der Waals surface area contributed by atoms with Crippen molar-refractivity contribution in [1.29, 1.82) is 0 Å². The van der Waals surface area contributed by atoms with E-state index in [1.165, 1.54) is 0 Å². The number of amides is 1. The van der Waals surface area contributed by atoms with E-state index in [-0.39, 0.29) is 24.0 Å². The van der Waals surface area contributed by atoms with E-state index in [0.29, 0.717) is 25.0 Å². The summed E-state index contributed by atoms with van der Waals surface area (Å²) in [5.41, 5.74) is 2.15. The summed E-state index contributed by atoms with van der Waals surface area (Å²) in [6, 6.07) is 17.1. The maximum atomic E-state index is 12.8. The lowest BCUT2D eigenvalue weighted by molar-refractivity contribution is 0.0237. The zero-order valence-electron chi connectivity index (χ0n) is 14.4. The topological polar surface area (TPSA) is 75.1 Å². The van der Waals surface area contributed by atoms with Gasteiger partial charge in [-0.3, -0.25) is 9.78 Å². The Morgan fingerprint density at radius 3 is 2.69 bits per heavy atom. The summed E-state index contributed by atoms with van der Waals surface area (Å²) < 4.78 is 0. The molecule has 1 aliphatic carbocycles. The van der Waals surface area contributed by atoms with Crippen LogP contribution in [0.1, 0.15) is 29.0 Å². The van der Waals surface area contributed by atoms with Crippen LogP contribution in [0.4, 0.5) is 0 Å². The molecule has 2 heterocycles. The first-order chi connectivity index (χ1) is 12.7. The molecule has 1 saturated carbocycles. The highest BCUT2D eigenvalue weighted by Gasteiger charge is 2.35. The maximum Gasteiger partial charge on any atom is 0.270 e. The molecule has 132 valence electrons. The summed E-state index contributed by atoms with van der Waals surface area (Å²) in [5, 5.41) is 13.8. The average molecular weight is 347 g/mol. The average Bonchev–Trinajstić information content (AvgIpc) is 2.65. The van der Waals surface area contributed by atoms with Gasteiger partial charge in [-0.05, 0) is 43.0 Å². The fourth-order valence-corrected chi connectivity index (χ4v) is 3.47. The zero-order chi connectivity index (χ0) is 17.9. The Balaban J connectivity index is 1.52. The van der Waals surface area contributed by atoms with Crippen molar-refractivity contribution >= 4 is 16.8 Å². The molecule has 2 N–H and O–H groups in total. The summed E-state index contributed by atoms with van der Waals surface area (Å²) in [5.74, 6) is 0.0782. The highest BCUT2D eigenvalue weighted by molar-refractivity contribution is 5.95. The predicted molar refractivity (Wildman–Crippen MR) is 99.7 cm³/mol. The van der Waals surface area contributed by atoms with Crippen LogP contribution in [0, 0.1) is 5.92 Å². The number of nitrogens with one attached hydrogen (secondary N) is 1. The minimum Gasteiger partial charge on any atom is -0.393 e. The zero-order valence-corrected chi connectivity index (χ0v) is 14.4. The smallest absolute Gasteiger partial charge is 0.270 e. The number of carbonyl (C=O) groups excluding carboxylic acids is 1. The number of nitrogens with zero attached hydrogens (tertiary/aromatic N) is 2. The lowest BCUT2D eigenvalue weighted by Crippen LogP contribution is -2.48. The minimum absolute atomic E-state index is 0.0610. The van der Waals surface area contributed by atoms with E-state index >= 15 is 0 Å². The Bertz CT molecular complexity index is 907. The third kappa shape index (κ3) is 3.58. The number of hydrogen-bond acceptors (Lipinski definition) is 4. The molecule has 0 saturated heterocycles. The van der Waals surface area contributed by atoms with E-state index in [4.69, 9.17) is 0 Å². The molecule has 5 nitrogen and oxygen atoms in total. The van der Waals surface area contributed by atoms with Gasteiger partial charge in [0, 0.05) is 29.7 Å². The summed E-state index contributed by atoms with van der Waals surface area (Å²) >= 11 is 0. The fraction of sp³-hybridized carbons (Fsp3) is 0.286. The molecule has 5 heteroatoms. The second-order valence-electron chi connectivity index (χ2n) is 6.88. The lowest BCUT2D eigenvalue weighted by Gasteiger charge is -2.38. The van der Waals surface area contributed by atoms with Crippen molar-refractivity contribution < 1.29 is 9.90 Å². The maximum absolute atomic E-state index is 12.8. The van der Waals surface area contributed by atoms with Gasteiger partial charge in [0.05, 0.1) is 11.6 Å². The van der Waals surface area contributed by atoms with E-state index in [2.05, 4.69) is 15.3 Å². The molecule has 1 atom stereocenters. The van der Waals surface area contributed by atoms with Crippen molar-refractivity contribution in [3.8, 4) is 0 Å². The first kappa shape index (κ1) is 16.7. The quantitative estimate of drug-likeness (QED) is 0.744. The summed E-state index contributed by atoms with van der Waals surface area (Å²) in [7, 11) is 0. The summed E-state index contributed by atoms with van der Waals surface area (Å²) in [4.78, 5) is 21.6. The second kappa shape index (κ2) is 7.22. The van der Waals surface area contributed by atoms with Crippen molar-refractivity contribution in [1.82, 2.24) is 15.3 Å². The Morgan fingerprint density at radius 2 is 1.92 bits per heavy atom. The fourth-order valence-electron chi connectivity index (χ4n) is 3.47. The van der Waals surface area contributed by atoms with Crippen molar-refractivity contribution in [3.63, 3.8) is 0 Å². The van der Waals surface area contributed by atoms with Crippen LogP contribution in [0.3, 0.4) is 0 Å². The summed E-state index contributed by atoms with van der Waals surface area (Å²) in [6.07, 6.45) is 3.57. The Hall–Kier alpha value is -2.79. The van der Waals surface area contributed by atoms with Gasteiger partial charge in [0.15, 0.2) is 0 Å². The molecule has 4 rings (SSSR count). The van der Waals surface area contributed by atoms with Crippen LogP contribution in [0.2, 0.25) is 0 Å². The van der Waals surface area contributed by atoms with E-state index in [0.717, 1.165) is 16.6 Å². The molecular weight excluding hydrogens is 326 g/mol. The van der Waals surface area contributed by atoms with Crippen molar-refractivity contribution in [2.75, 3.05) is 0 Å². The number of aliphatic hydroxyl groups is 1. The van der Waals surface area contributed by atoms with Gasteiger partial charge >= 0.3 is 0 Å². The number of para-hydroxylation sites is 1. The second-order valence-corrected chi connectivity index (χ2v) is 6.88. The molecule has 0 bridgehead atoms. The molecule has 1 aliphatic rings. The molecule has 1 fully saturated rings. The number of aromatic nitrogens is 2. The van der Waals surface area contributed by atoms with E-state index in [1.807, 2.05) is 48.5 Å². The van der Waals surface area contributed by atoms with Gasteiger partial charge in [0.2, 0.25) is 0 Å². The molecular formula is C21H21N3O2. The first-order valence-corrected chi connectivity index (χ1v) is 8.93. The van der Waals surface area contributed by atoms with E-state index in [9.17, 15) is 9.90 Å². The Kier molecular flexibility index (Phi) is 4.63. The predicted octanol–water partition coefficient (Wildman–Crippen LogP) is 2.74. The van der Waals surface area contributed by atoms with Gasteiger partial charge in [-0.25, -0.2) is 4.98 Å². The number of fused-ring (bicyclic) bond motifs is 1. The van der Waals surface area contributed by atoms with Crippen LogP contribution in [-0.4, -0.2) is 33.1 Å². The molecule has 1 aromatic carbocycles. The molecule has 1 amide bonds. The van der Waals surface area contributed by atoms with E-state index < -0.39 is 0 Å².